The van der Waals surface area contributed by atoms with E-state index in [1.807, 2.05) is 18.2 Å². The van der Waals surface area contributed by atoms with Crippen molar-refractivity contribution in [3.63, 3.8) is 0 Å². The number of aliphatic hydroxyl groups is 1. The molecule has 0 saturated carbocycles. The van der Waals surface area contributed by atoms with Gasteiger partial charge in [-0.2, -0.15) is 11.8 Å². The van der Waals surface area contributed by atoms with Crippen LogP contribution >= 0.6 is 11.8 Å². The summed E-state index contributed by atoms with van der Waals surface area (Å²) in [5.41, 5.74) is 1.94. The molecule has 0 spiro atoms. The van der Waals surface area contributed by atoms with Crippen molar-refractivity contribution in [2.45, 2.75) is 18.6 Å². The number of esters is 1. The summed E-state index contributed by atoms with van der Waals surface area (Å²) in [6, 6.07) is 5.86. The van der Waals surface area contributed by atoms with E-state index in [9.17, 15) is 4.79 Å². The molecule has 0 heterocycles. The second-order valence-corrected chi connectivity index (χ2v) is 5.29. The van der Waals surface area contributed by atoms with Crippen LogP contribution in [0.1, 0.15) is 24.0 Å². The Morgan fingerprint density at radius 2 is 2.19 bits per heavy atom. The van der Waals surface area contributed by atoms with Gasteiger partial charge < -0.3 is 14.6 Å². The van der Waals surface area contributed by atoms with Crippen LogP contribution in [0, 0.1) is 11.8 Å². The lowest BCUT2D eigenvalue weighted by atomic mass is 10.1. The van der Waals surface area contributed by atoms with E-state index in [-0.39, 0.29) is 12.6 Å². The summed E-state index contributed by atoms with van der Waals surface area (Å²) < 4.78 is 9.87. The summed E-state index contributed by atoms with van der Waals surface area (Å²) in [6.45, 7) is 0.0540. The first-order chi connectivity index (χ1) is 10.2. The van der Waals surface area contributed by atoms with Crippen LogP contribution in [-0.2, 0) is 15.3 Å². The summed E-state index contributed by atoms with van der Waals surface area (Å²) in [4.78, 5) is 11.0. The van der Waals surface area contributed by atoms with E-state index in [4.69, 9.17) is 9.84 Å². The Bertz CT molecular complexity index is 517. The number of carbonyl (C=O) groups is 1. The summed E-state index contributed by atoms with van der Waals surface area (Å²) in [5.74, 6) is 7.97. The summed E-state index contributed by atoms with van der Waals surface area (Å²) in [5, 5.41) is 8.76. The summed E-state index contributed by atoms with van der Waals surface area (Å²) >= 11 is 1.67. The van der Waals surface area contributed by atoms with Gasteiger partial charge in [-0.3, -0.25) is 4.79 Å². The molecule has 0 amide bonds. The number of hydrogen-bond acceptors (Lipinski definition) is 5. The molecule has 0 aliphatic rings. The average Bonchev–Trinajstić information content (AvgIpc) is 2.51. The van der Waals surface area contributed by atoms with E-state index < -0.39 is 0 Å². The molecule has 1 N–H and O–H groups in total. The average molecular weight is 308 g/mol. The zero-order valence-electron chi connectivity index (χ0n) is 12.3. The van der Waals surface area contributed by atoms with Crippen LogP contribution in [0.5, 0.6) is 5.75 Å². The fourth-order valence-corrected chi connectivity index (χ4v) is 2.47. The van der Waals surface area contributed by atoms with Crippen LogP contribution in [0.25, 0.3) is 0 Å². The number of carbonyl (C=O) groups excluding carboxylic acids is 1. The molecule has 0 aliphatic carbocycles. The Hall–Kier alpha value is -1.64. The zero-order chi connectivity index (χ0) is 15.5. The van der Waals surface area contributed by atoms with Crippen molar-refractivity contribution in [3.05, 3.63) is 29.3 Å². The van der Waals surface area contributed by atoms with E-state index in [0.717, 1.165) is 28.4 Å². The molecule has 1 aromatic carbocycles. The topological polar surface area (TPSA) is 55.8 Å². The molecular weight excluding hydrogens is 288 g/mol. The Kier molecular flexibility index (Phi) is 8.41. The van der Waals surface area contributed by atoms with E-state index in [0.29, 0.717) is 12.8 Å². The molecule has 0 aromatic heterocycles. The maximum Gasteiger partial charge on any atom is 0.306 e. The largest absolute Gasteiger partial charge is 0.495 e. The van der Waals surface area contributed by atoms with Crippen LogP contribution in [0.3, 0.4) is 0 Å². The molecule has 4 nitrogen and oxygen atoms in total. The third-order valence-corrected chi connectivity index (χ3v) is 3.70. The highest BCUT2D eigenvalue weighted by atomic mass is 32.2. The van der Waals surface area contributed by atoms with Gasteiger partial charge in [-0.25, -0.2) is 0 Å². The lowest BCUT2D eigenvalue weighted by molar-refractivity contribution is -0.140. The van der Waals surface area contributed by atoms with E-state index >= 15 is 0 Å². The normalized spacial score (nSPS) is 9.67. The van der Waals surface area contributed by atoms with Crippen molar-refractivity contribution in [2.24, 2.45) is 0 Å². The molecule has 114 valence electrons. The molecule has 0 saturated heterocycles. The van der Waals surface area contributed by atoms with E-state index in [1.54, 1.807) is 18.9 Å². The first kappa shape index (κ1) is 17.4. The van der Waals surface area contributed by atoms with Crippen molar-refractivity contribution in [1.29, 1.82) is 0 Å². The zero-order valence-corrected chi connectivity index (χ0v) is 13.2. The summed E-state index contributed by atoms with van der Waals surface area (Å²) in [7, 11) is 3.01. The Labute approximate surface area is 129 Å². The van der Waals surface area contributed by atoms with Crippen molar-refractivity contribution in [3.8, 4) is 17.6 Å². The van der Waals surface area contributed by atoms with Gasteiger partial charge in [-0.05, 0) is 17.7 Å². The maximum atomic E-state index is 11.0. The van der Waals surface area contributed by atoms with Crippen molar-refractivity contribution < 1.29 is 19.4 Å². The number of aliphatic hydroxyl groups excluding tert-OH is 1. The minimum absolute atomic E-state index is 0.0540. The predicted octanol–water partition coefficient (Wildman–Crippen LogP) is 2.23. The molecule has 0 radical (unpaired) electrons. The molecule has 21 heavy (non-hydrogen) atoms. The van der Waals surface area contributed by atoms with Gasteiger partial charge in [0.15, 0.2) is 0 Å². The van der Waals surface area contributed by atoms with E-state index in [1.165, 1.54) is 7.11 Å². The van der Waals surface area contributed by atoms with Crippen LogP contribution in [0.2, 0.25) is 0 Å². The first-order valence-electron chi connectivity index (χ1n) is 6.62. The number of benzene rings is 1. The molecular formula is C16H20O4S. The molecule has 0 bridgehead atoms. The van der Waals surface area contributed by atoms with E-state index in [2.05, 4.69) is 16.6 Å². The maximum absolute atomic E-state index is 11.0. The van der Waals surface area contributed by atoms with Crippen LogP contribution in [0.4, 0.5) is 0 Å². The number of ether oxygens (including phenoxy) is 2. The molecule has 1 aromatic rings. The molecule has 0 fully saturated rings. The molecule has 0 aliphatic heterocycles. The molecule has 0 unspecified atom stereocenters. The van der Waals surface area contributed by atoms with Crippen molar-refractivity contribution in [1.82, 2.24) is 0 Å². The second kappa shape index (κ2) is 10.1. The minimum atomic E-state index is -0.187. The Balaban J connectivity index is 2.61. The SMILES string of the molecule is COC(=O)CCSCc1ccc(OC)c(C#CCCO)c1. The lowest BCUT2D eigenvalue weighted by Gasteiger charge is -2.06. The predicted molar refractivity (Wildman–Crippen MR) is 84.4 cm³/mol. The smallest absolute Gasteiger partial charge is 0.306 e. The van der Waals surface area contributed by atoms with Gasteiger partial charge in [0.1, 0.15) is 5.75 Å². The standard InChI is InChI=1S/C16H20O4S/c1-19-15-7-6-13(11-14(15)5-3-4-9-17)12-21-10-8-16(18)20-2/h6-7,11,17H,4,8-10,12H2,1-2H3. The third kappa shape index (κ3) is 6.56. The minimum Gasteiger partial charge on any atom is -0.495 e. The van der Waals surface area contributed by atoms with Crippen LogP contribution < -0.4 is 4.74 Å². The number of rotatable bonds is 7. The quantitative estimate of drug-likeness (QED) is 0.475. The van der Waals surface area contributed by atoms with Gasteiger partial charge in [0, 0.05) is 17.9 Å². The van der Waals surface area contributed by atoms with Gasteiger partial charge in [-0.1, -0.05) is 17.9 Å². The molecule has 1 rings (SSSR count). The second-order valence-electron chi connectivity index (χ2n) is 4.19. The third-order valence-electron chi connectivity index (χ3n) is 2.67. The number of methoxy groups -OCH3 is 2. The van der Waals surface area contributed by atoms with Gasteiger partial charge >= 0.3 is 5.97 Å². The Morgan fingerprint density at radius 3 is 2.86 bits per heavy atom. The van der Waals surface area contributed by atoms with Crippen LogP contribution in [0.15, 0.2) is 18.2 Å². The van der Waals surface area contributed by atoms with Gasteiger partial charge in [0.25, 0.3) is 0 Å². The lowest BCUT2D eigenvalue weighted by Crippen LogP contribution is -2.01. The summed E-state index contributed by atoms with van der Waals surface area (Å²) in [6.07, 6.45) is 0.863. The highest BCUT2D eigenvalue weighted by molar-refractivity contribution is 7.98. The monoisotopic (exact) mass is 308 g/mol. The fraction of sp³-hybridized carbons (Fsp3) is 0.438. The molecule has 0 atom stereocenters. The molecule has 5 heteroatoms. The van der Waals surface area contributed by atoms with Crippen molar-refractivity contribution in [2.75, 3.05) is 26.6 Å². The van der Waals surface area contributed by atoms with Gasteiger partial charge in [0.2, 0.25) is 0 Å². The Morgan fingerprint density at radius 1 is 1.38 bits per heavy atom. The van der Waals surface area contributed by atoms with Gasteiger partial charge in [0.05, 0.1) is 32.8 Å². The van der Waals surface area contributed by atoms with Crippen molar-refractivity contribution >= 4 is 17.7 Å². The van der Waals surface area contributed by atoms with Crippen LogP contribution in [-0.4, -0.2) is 37.7 Å². The number of thioether (sulfide) groups is 1. The fourth-order valence-electron chi connectivity index (χ4n) is 1.60. The number of hydrogen-bond donors (Lipinski definition) is 1. The first-order valence-corrected chi connectivity index (χ1v) is 7.78. The highest BCUT2D eigenvalue weighted by Crippen LogP contribution is 2.22. The highest BCUT2D eigenvalue weighted by Gasteiger charge is 2.04. The van der Waals surface area contributed by atoms with Gasteiger partial charge in [-0.15, -0.1) is 0 Å².